The van der Waals surface area contributed by atoms with Crippen LogP contribution in [0.1, 0.15) is 31.2 Å². The fourth-order valence-electron chi connectivity index (χ4n) is 3.33. The van der Waals surface area contributed by atoms with Crippen molar-refractivity contribution in [2.24, 2.45) is 5.92 Å². The van der Waals surface area contributed by atoms with Crippen molar-refractivity contribution in [2.75, 3.05) is 37.0 Å². The Morgan fingerprint density at radius 3 is 2.76 bits per heavy atom. The van der Waals surface area contributed by atoms with Gasteiger partial charge in [-0.1, -0.05) is 19.1 Å². The van der Waals surface area contributed by atoms with Crippen LogP contribution in [0, 0.1) is 12.8 Å². The number of ether oxygens (including phenoxy) is 1. The molecule has 2 aromatic rings. The highest BCUT2D eigenvalue weighted by Crippen LogP contribution is 2.23. The van der Waals surface area contributed by atoms with E-state index in [2.05, 4.69) is 45.3 Å². The van der Waals surface area contributed by atoms with E-state index < -0.39 is 0 Å². The Bertz CT molecular complexity index is 687. The SMILES string of the molecule is COc1ccc(CCNc2cc(N3CCCC(C)C3)nc(C)n2)cc1. The van der Waals surface area contributed by atoms with Gasteiger partial charge < -0.3 is 15.0 Å². The molecule has 1 fully saturated rings. The van der Waals surface area contributed by atoms with E-state index in [1.807, 2.05) is 19.1 Å². The highest BCUT2D eigenvalue weighted by Gasteiger charge is 2.18. The van der Waals surface area contributed by atoms with Crippen LogP contribution in [0.2, 0.25) is 0 Å². The maximum atomic E-state index is 5.20. The average molecular weight is 340 g/mol. The van der Waals surface area contributed by atoms with Crippen molar-refractivity contribution in [1.82, 2.24) is 9.97 Å². The van der Waals surface area contributed by atoms with Crippen LogP contribution in [-0.2, 0) is 6.42 Å². The number of hydrogen-bond acceptors (Lipinski definition) is 5. The van der Waals surface area contributed by atoms with Crippen molar-refractivity contribution in [3.63, 3.8) is 0 Å². The van der Waals surface area contributed by atoms with E-state index in [4.69, 9.17) is 4.74 Å². The Kier molecular flexibility index (Phi) is 5.74. The van der Waals surface area contributed by atoms with Gasteiger partial charge in [-0.2, -0.15) is 0 Å². The zero-order valence-electron chi connectivity index (χ0n) is 15.5. The molecule has 3 rings (SSSR count). The Balaban J connectivity index is 1.60. The fourth-order valence-corrected chi connectivity index (χ4v) is 3.33. The van der Waals surface area contributed by atoms with Crippen LogP contribution in [-0.4, -0.2) is 36.7 Å². The molecule has 1 atom stereocenters. The first-order valence-electron chi connectivity index (χ1n) is 9.11. The third-order valence-electron chi connectivity index (χ3n) is 4.68. The summed E-state index contributed by atoms with van der Waals surface area (Å²) in [5, 5.41) is 3.44. The number of aryl methyl sites for hydroxylation is 1. The van der Waals surface area contributed by atoms with E-state index in [1.165, 1.54) is 18.4 Å². The van der Waals surface area contributed by atoms with E-state index >= 15 is 0 Å². The summed E-state index contributed by atoms with van der Waals surface area (Å²) in [7, 11) is 1.69. The molecule has 0 aliphatic carbocycles. The molecule has 1 N–H and O–H groups in total. The maximum Gasteiger partial charge on any atom is 0.134 e. The van der Waals surface area contributed by atoms with E-state index in [0.717, 1.165) is 55.2 Å². The lowest BCUT2D eigenvalue weighted by Gasteiger charge is -2.32. The second-order valence-corrected chi connectivity index (χ2v) is 6.88. The number of nitrogens with one attached hydrogen (secondary N) is 1. The van der Waals surface area contributed by atoms with Gasteiger partial charge in [-0.25, -0.2) is 9.97 Å². The van der Waals surface area contributed by atoms with Gasteiger partial charge >= 0.3 is 0 Å². The molecule has 1 unspecified atom stereocenters. The Hall–Kier alpha value is -2.30. The lowest BCUT2D eigenvalue weighted by atomic mass is 10.0. The van der Waals surface area contributed by atoms with E-state index in [-0.39, 0.29) is 0 Å². The highest BCUT2D eigenvalue weighted by molar-refractivity contribution is 5.49. The molecule has 5 heteroatoms. The Morgan fingerprint density at radius 2 is 2.04 bits per heavy atom. The minimum atomic E-state index is 0.732. The summed E-state index contributed by atoms with van der Waals surface area (Å²) in [5.74, 6) is 4.40. The molecule has 1 aromatic heterocycles. The zero-order valence-corrected chi connectivity index (χ0v) is 15.5. The molecule has 25 heavy (non-hydrogen) atoms. The molecule has 1 saturated heterocycles. The Labute approximate surface area is 150 Å². The summed E-state index contributed by atoms with van der Waals surface area (Å²) >= 11 is 0. The topological polar surface area (TPSA) is 50.3 Å². The molecule has 134 valence electrons. The molecule has 1 aliphatic heterocycles. The third-order valence-corrected chi connectivity index (χ3v) is 4.68. The maximum absolute atomic E-state index is 5.20. The number of rotatable bonds is 6. The van der Waals surface area contributed by atoms with Crippen LogP contribution in [0.3, 0.4) is 0 Å². The van der Waals surface area contributed by atoms with Crippen LogP contribution < -0.4 is 15.0 Å². The van der Waals surface area contributed by atoms with Crippen molar-refractivity contribution >= 4 is 11.6 Å². The van der Waals surface area contributed by atoms with E-state index in [9.17, 15) is 0 Å². The normalized spacial score (nSPS) is 17.4. The molecule has 5 nitrogen and oxygen atoms in total. The van der Waals surface area contributed by atoms with Crippen molar-refractivity contribution in [3.8, 4) is 5.75 Å². The zero-order chi connectivity index (χ0) is 17.6. The van der Waals surface area contributed by atoms with Gasteiger partial charge in [0.15, 0.2) is 0 Å². The molecule has 1 aliphatic rings. The first-order valence-corrected chi connectivity index (χ1v) is 9.11. The minimum absolute atomic E-state index is 0.732. The second-order valence-electron chi connectivity index (χ2n) is 6.88. The predicted molar refractivity (Wildman–Crippen MR) is 103 cm³/mol. The van der Waals surface area contributed by atoms with Crippen LogP contribution in [0.15, 0.2) is 30.3 Å². The van der Waals surface area contributed by atoms with Gasteiger partial charge in [-0.05, 0) is 49.8 Å². The second kappa shape index (κ2) is 8.19. The first-order chi connectivity index (χ1) is 12.1. The largest absolute Gasteiger partial charge is 0.497 e. The summed E-state index contributed by atoms with van der Waals surface area (Å²) in [6.45, 7) is 7.30. The number of anilines is 2. The number of hydrogen-bond donors (Lipinski definition) is 1. The average Bonchev–Trinajstić information content (AvgIpc) is 2.62. The molecular weight excluding hydrogens is 312 g/mol. The standard InChI is InChI=1S/C20H28N4O/c1-15-5-4-12-24(14-15)20-13-19(22-16(2)23-20)21-11-10-17-6-8-18(25-3)9-7-17/h6-9,13,15H,4-5,10-12,14H2,1-3H3,(H,21,22,23). The predicted octanol–water partition coefficient (Wildman–Crippen LogP) is 3.68. The minimum Gasteiger partial charge on any atom is -0.497 e. The van der Waals surface area contributed by atoms with Crippen molar-refractivity contribution in [2.45, 2.75) is 33.1 Å². The summed E-state index contributed by atoms with van der Waals surface area (Å²) in [6, 6.07) is 10.3. The summed E-state index contributed by atoms with van der Waals surface area (Å²) in [4.78, 5) is 11.6. The smallest absolute Gasteiger partial charge is 0.134 e. The highest BCUT2D eigenvalue weighted by atomic mass is 16.5. The quantitative estimate of drug-likeness (QED) is 0.869. The van der Waals surface area contributed by atoms with Gasteiger partial charge in [-0.3, -0.25) is 0 Å². The number of nitrogens with zero attached hydrogens (tertiary/aromatic N) is 3. The first kappa shape index (κ1) is 17.5. The number of methoxy groups -OCH3 is 1. The monoisotopic (exact) mass is 340 g/mol. The van der Waals surface area contributed by atoms with Crippen molar-refractivity contribution < 1.29 is 4.74 Å². The molecule has 0 spiro atoms. The van der Waals surface area contributed by atoms with Gasteiger partial charge in [0.25, 0.3) is 0 Å². The molecule has 0 saturated carbocycles. The van der Waals surface area contributed by atoms with Crippen LogP contribution in [0.25, 0.3) is 0 Å². The van der Waals surface area contributed by atoms with Gasteiger partial charge in [0.1, 0.15) is 23.2 Å². The number of piperidine rings is 1. The van der Waals surface area contributed by atoms with Gasteiger partial charge in [0, 0.05) is 25.7 Å². The van der Waals surface area contributed by atoms with Gasteiger partial charge in [0.05, 0.1) is 7.11 Å². The van der Waals surface area contributed by atoms with E-state index in [0.29, 0.717) is 0 Å². The lowest BCUT2D eigenvalue weighted by Crippen LogP contribution is -2.35. The molecule has 0 bridgehead atoms. The third kappa shape index (κ3) is 4.84. The molecule has 1 aromatic carbocycles. The molecular formula is C20H28N4O. The van der Waals surface area contributed by atoms with E-state index in [1.54, 1.807) is 7.11 Å². The molecule has 0 amide bonds. The molecule has 2 heterocycles. The van der Waals surface area contributed by atoms with Gasteiger partial charge in [-0.15, -0.1) is 0 Å². The van der Waals surface area contributed by atoms with Crippen LogP contribution in [0.5, 0.6) is 5.75 Å². The van der Waals surface area contributed by atoms with Crippen molar-refractivity contribution in [1.29, 1.82) is 0 Å². The lowest BCUT2D eigenvalue weighted by molar-refractivity contribution is 0.414. The van der Waals surface area contributed by atoms with Crippen molar-refractivity contribution in [3.05, 3.63) is 41.7 Å². The number of aromatic nitrogens is 2. The number of benzene rings is 1. The summed E-state index contributed by atoms with van der Waals surface area (Å²) in [6.07, 6.45) is 3.50. The van der Waals surface area contributed by atoms with Crippen LogP contribution in [0.4, 0.5) is 11.6 Å². The summed E-state index contributed by atoms with van der Waals surface area (Å²) < 4.78 is 5.20. The fraction of sp³-hybridized carbons (Fsp3) is 0.500. The summed E-state index contributed by atoms with van der Waals surface area (Å²) in [5.41, 5.74) is 1.28. The van der Waals surface area contributed by atoms with Crippen LogP contribution >= 0.6 is 0 Å². The van der Waals surface area contributed by atoms with Gasteiger partial charge in [0.2, 0.25) is 0 Å². The Morgan fingerprint density at radius 1 is 1.24 bits per heavy atom. The molecule has 0 radical (unpaired) electrons.